The number of hydrogen-bond acceptors (Lipinski definition) is 6. The van der Waals surface area contributed by atoms with Crippen LogP contribution in [0.3, 0.4) is 0 Å². The van der Waals surface area contributed by atoms with Gasteiger partial charge >= 0.3 is 5.97 Å². The summed E-state index contributed by atoms with van der Waals surface area (Å²) < 4.78 is 1.78. The number of benzene rings is 1. The fraction of sp³-hybridized carbons (Fsp3) is 0.211. The van der Waals surface area contributed by atoms with Crippen LogP contribution in [-0.4, -0.2) is 48.5 Å². The molecule has 9 heteroatoms. The monoisotopic (exact) mass is 397 g/mol. The Hall–Kier alpha value is -3.20. The molecular weight excluding hydrogens is 378 g/mol. The lowest BCUT2D eigenvalue weighted by Gasteiger charge is -2.14. The van der Waals surface area contributed by atoms with Crippen LogP contribution in [0.4, 0.5) is 0 Å². The number of nitrogens with one attached hydrogen (secondary N) is 1. The molecule has 2 heterocycles. The van der Waals surface area contributed by atoms with Gasteiger partial charge in [-0.25, -0.2) is 4.79 Å². The highest BCUT2D eigenvalue weighted by Gasteiger charge is 2.21. The number of carboxylic acids is 1. The molecule has 0 aliphatic carbocycles. The summed E-state index contributed by atoms with van der Waals surface area (Å²) in [5.74, 6) is -0.735. The molecule has 0 spiro atoms. The van der Waals surface area contributed by atoms with Crippen molar-refractivity contribution in [2.75, 3.05) is 5.75 Å². The van der Waals surface area contributed by atoms with E-state index in [9.17, 15) is 14.7 Å². The maximum Gasteiger partial charge on any atom is 0.326 e. The quantitative estimate of drug-likeness (QED) is 0.558. The molecule has 28 heavy (non-hydrogen) atoms. The fourth-order valence-corrected chi connectivity index (χ4v) is 3.33. The zero-order valence-corrected chi connectivity index (χ0v) is 16.0. The molecule has 3 rings (SSSR count). The van der Waals surface area contributed by atoms with Gasteiger partial charge in [-0.1, -0.05) is 42.1 Å². The number of nitrogens with zero attached hydrogens (tertiary/aromatic N) is 4. The van der Waals surface area contributed by atoms with Gasteiger partial charge in [-0.2, -0.15) is 0 Å². The topological polar surface area (TPSA) is 110 Å². The molecule has 2 aromatic heterocycles. The Morgan fingerprint density at radius 2 is 1.86 bits per heavy atom. The minimum atomic E-state index is -1.07. The van der Waals surface area contributed by atoms with E-state index >= 15 is 0 Å². The second-order valence-electron chi connectivity index (χ2n) is 6.04. The van der Waals surface area contributed by atoms with Crippen LogP contribution < -0.4 is 5.32 Å². The molecule has 144 valence electrons. The largest absolute Gasteiger partial charge is 0.480 e. The van der Waals surface area contributed by atoms with E-state index in [1.54, 1.807) is 17.0 Å². The molecular formula is C19H19N5O3S. The van der Waals surface area contributed by atoms with Crippen LogP contribution in [-0.2, 0) is 23.1 Å². The number of thioether (sulfide) groups is 1. The van der Waals surface area contributed by atoms with Gasteiger partial charge in [0.25, 0.3) is 0 Å². The number of carboxylic acid groups (broad SMARTS) is 1. The Bertz CT molecular complexity index is 947. The summed E-state index contributed by atoms with van der Waals surface area (Å²) in [7, 11) is 1.81. The molecule has 0 aliphatic rings. The van der Waals surface area contributed by atoms with Crippen molar-refractivity contribution in [3.8, 4) is 11.4 Å². The first-order valence-corrected chi connectivity index (χ1v) is 9.52. The van der Waals surface area contributed by atoms with E-state index in [2.05, 4.69) is 20.5 Å². The average molecular weight is 397 g/mol. The first kappa shape index (κ1) is 19.6. The highest BCUT2D eigenvalue weighted by Crippen LogP contribution is 2.21. The fourth-order valence-electron chi connectivity index (χ4n) is 2.61. The van der Waals surface area contributed by atoms with E-state index in [1.807, 2.05) is 49.5 Å². The Labute approximate surface area is 166 Å². The van der Waals surface area contributed by atoms with Crippen molar-refractivity contribution >= 4 is 23.6 Å². The third-order valence-corrected chi connectivity index (χ3v) is 5.04. The molecule has 1 atom stereocenters. The van der Waals surface area contributed by atoms with Crippen molar-refractivity contribution in [2.45, 2.75) is 17.6 Å². The number of pyridine rings is 1. The molecule has 1 aromatic carbocycles. The van der Waals surface area contributed by atoms with Gasteiger partial charge in [-0.15, -0.1) is 10.2 Å². The van der Waals surface area contributed by atoms with Gasteiger partial charge in [-0.05, 0) is 17.7 Å². The Kier molecular flexibility index (Phi) is 6.38. The number of aliphatic carboxylic acids is 1. The first-order chi connectivity index (χ1) is 13.5. The van der Waals surface area contributed by atoms with Crippen molar-refractivity contribution in [3.05, 3.63) is 60.4 Å². The molecule has 3 aromatic rings. The van der Waals surface area contributed by atoms with Crippen LogP contribution in [0.2, 0.25) is 0 Å². The summed E-state index contributed by atoms with van der Waals surface area (Å²) in [4.78, 5) is 27.7. The van der Waals surface area contributed by atoms with Gasteiger partial charge in [0.15, 0.2) is 11.0 Å². The molecule has 0 saturated heterocycles. The zero-order chi connectivity index (χ0) is 19.9. The normalized spacial score (nSPS) is 11.8. The number of carbonyl (C=O) groups excluding carboxylic acids is 1. The molecule has 0 saturated carbocycles. The van der Waals surface area contributed by atoms with Crippen molar-refractivity contribution in [3.63, 3.8) is 0 Å². The Balaban J connectivity index is 1.59. The highest BCUT2D eigenvalue weighted by molar-refractivity contribution is 7.99. The summed E-state index contributed by atoms with van der Waals surface area (Å²) >= 11 is 1.20. The second-order valence-corrected chi connectivity index (χ2v) is 6.98. The van der Waals surface area contributed by atoms with E-state index < -0.39 is 12.0 Å². The van der Waals surface area contributed by atoms with Crippen LogP contribution >= 0.6 is 11.8 Å². The number of hydrogen-bond donors (Lipinski definition) is 2. The summed E-state index contributed by atoms with van der Waals surface area (Å²) in [6, 6.07) is 11.9. The SMILES string of the molecule is Cn1c(SCC(=O)N[C@H](Cc2ccccc2)C(=O)O)nnc1-c1ccncc1. The maximum atomic E-state index is 12.2. The number of rotatable bonds is 8. The van der Waals surface area contributed by atoms with Gasteiger partial charge in [-0.3, -0.25) is 9.78 Å². The number of amides is 1. The van der Waals surface area contributed by atoms with Crippen molar-refractivity contribution < 1.29 is 14.7 Å². The molecule has 2 N–H and O–H groups in total. The van der Waals surface area contributed by atoms with E-state index in [0.717, 1.165) is 11.1 Å². The lowest BCUT2D eigenvalue weighted by molar-refractivity contribution is -0.141. The minimum absolute atomic E-state index is 0.0425. The maximum absolute atomic E-state index is 12.2. The third kappa shape index (κ3) is 4.95. The summed E-state index contributed by atoms with van der Waals surface area (Å²) in [6.45, 7) is 0. The molecule has 0 unspecified atom stereocenters. The molecule has 0 bridgehead atoms. The van der Waals surface area contributed by atoms with E-state index in [1.165, 1.54) is 11.8 Å². The number of aromatic nitrogens is 4. The first-order valence-electron chi connectivity index (χ1n) is 8.53. The standard InChI is InChI=1S/C19H19N5O3S/c1-24-17(14-7-9-20-10-8-14)22-23-19(24)28-12-16(25)21-15(18(26)27)11-13-5-3-2-4-6-13/h2-10,15H,11-12H2,1H3,(H,21,25)(H,26,27)/t15-/m1/s1. The predicted octanol–water partition coefficient (Wildman–Crippen LogP) is 1.78. The molecule has 0 fully saturated rings. The summed E-state index contributed by atoms with van der Waals surface area (Å²) in [5, 5.41) is 20.8. The molecule has 0 radical (unpaired) electrons. The summed E-state index contributed by atoms with van der Waals surface area (Å²) in [5.41, 5.74) is 1.72. The van der Waals surface area contributed by atoms with Gasteiger partial charge in [0.05, 0.1) is 5.75 Å². The van der Waals surface area contributed by atoms with Crippen molar-refractivity contribution in [1.29, 1.82) is 0 Å². The lowest BCUT2D eigenvalue weighted by Crippen LogP contribution is -2.43. The Morgan fingerprint density at radius 1 is 1.14 bits per heavy atom. The van der Waals surface area contributed by atoms with Crippen molar-refractivity contribution in [1.82, 2.24) is 25.1 Å². The van der Waals surface area contributed by atoms with Crippen LogP contribution in [0, 0.1) is 0 Å². The zero-order valence-electron chi connectivity index (χ0n) is 15.1. The molecule has 8 nitrogen and oxygen atoms in total. The smallest absolute Gasteiger partial charge is 0.326 e. The van der Waals surface area contributed by atoms with Crippen LogP contribution in [0.25, 0.3) is 11.4 Å². The molecule has 0 aliphatic heterocycles. The van der Waals surface area contributed by atoms with Crippen LogP contribution in [0.5, 0.6) is 0 Å². The number of carbonyl (C=O) groups is 2. The summed E-state index contributed by atoms with van der Waals surface area (Å²) in [6.07, 6.45) is 3.56. The lowest BCUT2D eigenvalue weighted by atomic mass is 10.1. The van der Waals surface area contributed by atoms with Crippen LogP contribution in [0.1, 0.15) is 5.56 Å². The van der Waals surface area contributed by atoms with Gasteiger partial charge in [0.1, 0.15) is 6.04 Å². The van der Waals surface area contributed by atoms with Gasteiger partial charge in [0.2, 0.25) is 5.91 Å². The van der Waals surface area contributed by atoms with Gasteiger partial charge < -0.3 is 15.0 Å². The minimum Gasteiger partial charge on any atom is -0.480 e. The predicted molar refractivity (Wildman–Crippen MR) is 105 cm³/mol. The highest BCUT2D eigenvalue weighted by atomic mass is 32.2. The Morgan fingerprint density at radius 3 is 2.54 bits per heavy atom. The van der Waals surface area contributed by atoms with E-state index in [0.29, 0.717) is 11.0 Å². The van der Waals surface area contributed by atoms with E-state index in [-0.39, 0.29) is 18.1 Å². The van der Waals surface area contributed by atoms with Crippen LogP contribution in [0.15, 0.2) is 60.0 Å². The van der Waals surface area contributed by atoms with Crippen molar-refractivity contribution in [2.24, 2.45) is 7.05 Å². The third-order valence-electron chi connectivity index (χ3n) is 4.02. The van der Waals surface area contributed by atoms with E-state index in [4.69, 9.17) is 0 Å². The molecule has 1 amide bonds. The van der Waals surface area contributed by atoms with Gasteiger partial charge in [0, 0.05) is 31.4 Å². The average Bonchev–Trinajstić information content (AvgIpc) is 3.07. The second kappa shape index (κ2) is 9.14.